The second-order valence-corrected chi connectivity index (χ2v) is 3.93. The molecule has 2 nitrogen and oxygen atoms in total. The molecule has 0 spiro atoms. The number of hydrogen-bond donors (Lipinski definition) is 1. The van der Waals surface area contributed by atoms with Crippen LogP contribution in [0, 0.1) is 0 Å². The smallest absolute Gasteiger partial charge is 0.124 e. The zero-order valence-electron chi connectivity index (χ0n) is 8.67. The minimum Gasteiger partial charge on any atom is -0.496 e. The Labute approximate surface area is 89.5 Å². The molecule has 0 aliphatic carbocycles. The molecule has 0 unspecified atom stereocenters. The first-order valence-electron chi connectivity index (χ1n) is 4.57. The monoisotopic (exact) mass is 214 g/mol. The van der Waals surface area contributed by atoms with Crippen molar-refractivity contribution in [1.29, 1.82) is 0 Å². The topological polar surface area (TPSA) is 29.5 Å². The van der Waals surface area contributed by atoms with E-state index in [1.165, 1.54) is 0 Å². The van der Waals surface area contributed by atoms with Gasteiger partial charge in [0.25, 0.3) is 0 Å². The molecule has 1 aromatic carbocycles. The summed E-state index contributed by atoms with van der Waals surface area (Å²) in [4.78, 5) is 0. The molecule has 1 N–H and O–H groups in total. The summed E-state index contributed by atoms with van der Waals surface area (Å²) in [5.41, 5.74) is 1.86. The van der Waals surface area contributed by atoms with Gasteiger partial charge in [-0.2, -0.15) is 0 Å². The van der Waals surface area contributed by atoms with Crippen molar-refractivity contribution in [3.8, 4) is 5.75 Å². The van der Waals surface area contributed by atoms with E-state index in [9.17, 15) is 5.11 Å². The minimum absolute atomic E-state index is 0.00949. The van der Waals surface area contributed by atoms with Gasteiger partial charge in [0.2, 0.25) is 0 Å². The first-order chi connectivity index (χ1) is 6.60. The van der Waals surface area contributed by atoms with Crippen molar-refractivity contribution in [3.63, 3.8) is 0 Å². The lowest BCUT2D eigenvalue weighted by molar-refractivity contribution is 0.279. The van der Waals surface area contributed by atoms with Gasteiger partial charge in [0, 0.05) is 10.6 Å². The van der Waals surface area contributed by atoms with E-state index in [0.717, 1.165) is 16.9 Å². The zero-order valence-corrected chi connectivity index (χ0v) is 9.43. The Morgan fingerprint density at radius 3 is 2.50 bits per heavy atom. The molecule has 0 aliphatic rings. The first-order valence-corrected chi connectivity index (χ1v) is 4.95. The molecule has 0 aromatic heterocycles. The standard InChI is InChI=1S/C11H15ClO2/c1-7(2)11-8(6-13)4-9(12)5-10(11)14-3/h4-5,7,13H,6H2,1-3H3. The molecule has 0 saturated carbocycles. The highest BCUT2D eigenvalue weighted by Crippen LogP contribution is 2.33. The summed E-state index contributed by atoms with van der Waals surface area (Å²) in [5.74, 6) is 1.06. The van der Waals surface area contributed by atoms with Gasteiger partial charge in [-0.25, -0.2) is 0 Å². The lowest BCUT2D eigenvalue weighted by Crippen LogP contribution is -2.00. The van der Waals surface area contributed by atoms with Crippen LogP contribution in [0.15, 0.2) is 12.1 Å². The third-order valence-corrected chi connectivity index (χ3v) is 2.38. The number of hydrogen-bond acceptors (Lipinski definition) is 2. The molecule has 0 radical (unpaired) electrons. The molecule has 78 valence electrons. The molecule has 0 fully saturated rings. The third kappa shape index (κ3) is 2.20. The number of aliphatic hydroxyl groups excluding tert-OH is 1. The van der Waals surface area contributed by atoms with E-state index in [1.807, 2.05) is 0 Å². The highest BCUT2D eigenvalue weighted by molar-refractivity contribution is 6.30. The molecule has 14 heavy (non-hydrogen) atoms. The van der Waals surface area contributed by atoms with Crippen LogP contribution >= 0.6 is 11.6 Å². The largest absolute Gasteiger partial charge is 0.496 e. The average molecular weight is 215 g/mol. The number of rotatable bonds is 3. The van der Waals surface area contributed by atoms with Crippen LogP contribution in [0.4, 0.5) is 0 Å². The maximum absolute atomic E-state index is 9.20. The van der Waals surface area contributed by atoms with Crippen LogP contribution in [-0.4, -0.2) is 12.2 Å². The van der Waals surface area contributed by atoms with E-state index in [2.05, 4.69) is 13.8 Å². The van der Waals surface area contributed by atoms with Crippen molar-refractivity contribution in [2.24, 2.45) is 0 Å². The summed E-state index contributed by atoms with van der Waals surface area (Å²) in [6.07, 6.45) is 0. The molecular weight excluding hydrogens is 200 g/mol. The summed E-state index contributed by atoms with van der Waals surface area (Å²) in [7, 11) is 1.61. The van der Waals surface area contributed by atoms with Crippen LogP contribution in [0.5, 0.6) is 5.75 Å². The van der Waals surface area contributed by atoms with Crippen molar-refractivity contribution in [2.45, 2.75) is 26.4 Å². The first kappa shape index (κ1) is 11.3. The van der Waals surface area contributed by atoms with Gasteiger partial charge in [-0.3, -0.25) is 0 Å². The number of aliphatic hydroxyl groups is 1. The number of benzene rings is 1. The predicted octanol–water partition coefficient (Wildman–Crippen LogP) is 2.96. The summed E-state index contributed by atoms with van der Waals surface area (Å²) in [6, 6.07) is 3.55. The lowest BCUT2D eigenvalue weighted by atomic mass is 9.96. The Hall–Kier alpha value is -0.730. The van der Waals surface area contributed by atoms with Crippen molar-refractivity contribution in [3.05, 3.63) is 28.3 Å². The van der Waals surface area contributed by atoms with Gasteiger partial charge in [0.15, 0.2) is 0 Å². The van der Waals surface area contributed by atoms with Crippen molar-refractivity contribution < 1.29 is 9.84 Å². The summed E-state index contributed by atoms with van der Waals surface area (Å²) >= 11 is 5.89. The Balaban J connectivity index is 3.33. The molecule has 0 atom stereocenters. The van der Waals surface area contributed by atoms with Gasteiger partial charge in [-0.15, -0.1) is 0 Å². The van der Waals surface area contributed by atoms with Gasteiger partial charge >= 0.3 is 0 Å². The highest BCUT2D eigenvalue weighted by Gasteiger charge is 2.13. The van der Waals surface area contributed by atoms with Crippen molar-refractivity contribution in [2.75, 3.05) is 7.11 Å². The van der Waals surface area contributed by atoms with Gasteiger partial charge in [-0.05, 0) is 23.6 Å². The van der Waals surface area contributed by atoms with E-state index >= 15 is 0 Å². The molecular formula is C11H15ClO2. The predicted molar refractivity (Wildman–Crippen MR) is 58.0 cm³/mol. The maximum atomic E-state index is 9.20. The minimum atomic E-state index is -0.00949. The lowest BCUT2D eigenvalue weighted by Gasteiger charge is -2.16. The molecule has 1 aromatic rings. The van der Waals surface area contributed by atoms with E-state index in [0.29, 0.717) is 10.9 Å². The maximum Gasteiger partial charge on any atom is 0.124 e. The third-order valence-electron chi connectivity index (χ3n) is 2.16. The second-order valence-electron chi connectivity index (χ2n) is 3.49. The van der Waals surface area contributed by atoms with Gasteiger partial charge < -0.3 is 9.84 Å². The van der Waals surface area contributed by atoms with Crippen LogP contribution in [0.2, 0.25) is 5.02 Å². The van der Waals surface area contributed by atoms with Crippen LogP contribution < -0.4 is 4.74 Å². The normalized spacial score (nSPS) is 10.7. The van der Waals surface area contributed by atoms with Crippen molar-refractivity contribution in [1.82, 2.24) is 0 Å². The summed E-state index contributed by atoms with van der Waals surface area (Å²) in [6.45, 7) is 4.11. The van der Waals surface area contributed by atoms with E-state index in [-0.39, 0.29) is 6.61 Å². The van der Waals surface area contributed by atoms with Crippen LogP contribution in [-0.2, 0) is 6.61 Å². The van der Waals surface area contributed by atoms with Gasteiger partial charge in [-0.1, -0.05) is 25.4 Å². The SMILES string of the molecule is COc1cc(Cl)cc(CO)c1C(C)C. The fourth-order valence-electron chi connectivity index (χ4n) is 1.60. The molecule has 3 heteroatoms. The highest BCUT2D eigenvalue weighted by atomic mass is 35.5. The van der Waals surface area contributed by atoms with Gasteiger partial charge in [0.05, 0.1) is 13.7 Å². The quantitative estimate of drug-likeness (QED) is 0.839. The fraction of sp³-hybridized carbons (Fsp3) is 0.455. The van der Waals surface area contributed by atoms with Crippen LogP contribution in [0.25, 0.3) is 0 Å². The zero-order chi connectivity index (χ0) is 10.7. The molecule has 1 rings (SSSR count). The van der Waals surface area contributed by atoms with Crippen molar-refractivity contribution >= 4 is 11.6 Å². The molecule has 0 bridgehead atoms. The average Bonchev–Trinajstić information content (AvgIpc) is 2.15. The Kier molecular flexibility index (Phi) is 3.78. The Morgan fingerprint density at radius 2 is 2.07 bits per heavy atom. The molecule has 0 heterocycles. The van der Waals surface area contributed by atoms with Crippen LogP contribution in [0.1, 0.15) is 30.9 Å². The van der Waals surface area contributed by atoms with Gasteiger partial charge in [0.1, 0.15) is 5.75 Å². The molecule has 0 saturated heterocycles. The second kappa shape index (κ2) is 4.67. The van der Waals surface area contributed by atoms with E-state index in [4.69, 9.17) is 16.3 Å². The van der Waals surface area contributed by atoms with E-state index in [1.54, 1.807) is 19.2 Å². The number of ether oxygens (including phenoxy) is 1. The molecule has 0 amide bonds. The fourth-order valence-corrected chi connectivity index (χ4v) is 1.83. The summed E-state index contributed by atoms with van der Waals surface area (Å²) < 4.78 is 5.23. The Morgan fingerprint density at radius 1 is 1.43 bits per heavy atom. The van der Waals surface area contributed by atoms with Crippen LogP contribution in [0.3, 0.4) is 0 Å². The van der Waals surface area contributed by atoms with E-state index < -0.39 is 0 Å². The summed E-state index contributed by atoms with van der Waals surface area (Å²) in [5, 5.41) is 9.79. The number of halogens is 1. The Bertz CT molecular complexity index is 296. The molecule has 0 aliphatic heterocycles. The number of methoxy groups -OCH3 is 1.